The summed E-state index contributed by atoms with van der Waals surface area (Å²) < 4.78 is 103. The lowest BCUT2D eigenvalue weighted by molar-refractivity contribution is -0.405. The first-order chi connectivity index (χ1) is 47.1. The molecule has 45 heteroatoms. The van der Waals surface area contributed by atoms with Crippen LogP contribution in [0, 0.1) is 0 Å². The molecular weight excluding hydrogens is 1370 g/mol. The normalized spacial score (nSPS) is 55.2. The van der Waals surface area contributed by atoms with Crippen LogP contribution in [0.3, 0.4) is 0 Å². The maximum atomic E-state index is 11.9. The lowest BCUT2D eigenvalue weighted by Gasteiger charge is -2.50. The minimum Gasteiger partial charge on any atom is -0.394 e. The van der Waals surface area contributed by atoms with Crippen molar-refractivity contribution < 1.29 is 223 Å². The molecule has 31 heterocycles. The van der Waals surface area contributed by atoms with Crippen molar-refractivity contribution in [3.8, 4) is 0 Å². The summed E-state index contributed by atoms with van der Waals surface area (Å²) in [5, 5.41) is 300. The van der Waals surface area contributed by atoms with E-state index in [1.807, 2.05) is 0 Å². The molecule has 0 aromatic rings. The van der Waals surface area contributed by atoms with Gasteiger partial charge in [0.2, 0.25) is 0 Å². The highest BCUT2D eigenvalue weighted by molar-refractivity contribution is 5.03. The van der Waals surface area contributed by atoms with E-state index in [-0.39, 0.29) is 0 Å². The van der Waals surface area contributed by atoms with Gasteiger partial charge in [0.1, 0.15) is 220 Å². The van der Waals surface area contributed by atoms with Gasteiger partial charge in [0.15, 0.2) is 56.6 Å². The molecule has 16 bridgehead atoms. The molecule has 0 unspecified atom stereocenters. The lowest BCUT2D eigenvalue weighted by atomic mass is 9.94. The smallest absolute Gasteiger partial charge is 0.187 e. The molecule has 31 aliphatic rings. The minimum atomic E-state index is -2.40. The Bertz CT molecular complexity index is 2450. The van der Waals surface area contributed by atoms with Gasteiger partial charge < -0.3 is 223 Å². The topological polar surface area (TPSA) is 712 Å². The van der Waals surface area contributed by atoms with Crippen molar-refractivity contribution in [1.82, 2.24) is 0 Å². The quantitative estimate of drug-likeness (QED) is 0.0913. The van der Waals surface area contributed by atoms with Crippen molar-refractivity contribution in [2.24, 2.45) is 0 Å². The number of hydrogen-bond donors (Lipinski definition) is 27. The first-order valence-corrected chi connectivity index (χ1v) is 31.6. The fourth-order valence-electron chi connectivity index (χ4n) is 13.3. The number of ether oxygens (including phenoxy) is 18. The van der Waals surface area contributed by atoms with E-state index < -0.39 is 336 Å². The summed E-state index contributed by atoms with van der Waals surface area (Å²) in [5.74, 6) is 0. The van der Waals surface area contributed by atoms with E-state index in [2.05, 4.69) is 0 Å². The van der Waals surface area contributed by atoms with E-state index in [0.717, 1.165) is 0 Å². The van der Waals surface area contributed by atoms with Crippen LogP contribution in [0.15, 0.2) is 0 Å². The number of aliphatic hydroxyl groups is 27. The second kappa shape index (κ2) is 34.0. The zero-order chi connectivity index (χ0) is 72.1. The molecule has 0 aromatic carbocycles. The summed E-state index contributed by atoms with van der Waals surface area (Å²) in [6.45, 7) is -9.86. The molecule has 0 spiro atoms. The predicted molar refractivity (Wildman–Crippen MR) is 294 cm³/mol. The Balaban J connectivity index is 0.934. The molecule has 31 rings (SSSR count). The van der Waals surface area contributed by atoms with Crippen LogP contribution in [0.4, 0.5) is 0 Å². The van der Waals surface area contributed by atoms with Crippen LogP contribution < -0.4 is 0 Å². The highest BCUT2D eigenvalue weighted by atomic mass is 16.8. The Labute approximate surface area is 558 Å². The van der Waals surface area contributed by atoms with Crippen LogP contribution in [0.2, 0.25) is 0 Å². The third kappa shape index (κ3) is 16.0. The van der Waals surface area contributed by atoms with Gasteiger partial charge in [0, 0.05) is 0 Å². The zero-order valence-corrected chi connectivity index (χ0v) is 51.8. The molecule has 0 amide bonds. The molecule has 31 aliphatic heterocycles. The fourth-order valence-corrected chi connectivity index (χ4v) is 13.3. The van der Waals surface area contributed by atoms with E-state index in [0.29, 0.717) is 0 Å². The Morgan fingerprint density at radius 3 is 0.515 bits per heavy atom. The van der Waals surface area contributed by atoms with Gasteiger partial charge in [0.05, 0.1) is 59.5 Å². The summed E-state index contributed by atoms with van der Waals surface area (Å²) in [7, 11) is 0. The van der Waals surface area contributed by atoms with Gasteiger partial charge in [0.25, 0.3) is 0 Å². The van der Waals surface area contributed by atoms with E-state index >= 15 is 0 Å². The van der Waals surface area contributed by atoms with Gasteiger partial charge in [-0.05, 0) is 0 Å². The first kappa shape index (κ1) is 79.8. The maximum Gasteiger partial charge on any atom is 0.187 e. The van der Waals surface area contributed by atoms with E-state index in [9.17, 15) is 138 Å². The van der Waals surface area contributed by atoms with Crippen molar-refractivity contribution >= 4 is 0 Å². The molecule has 45 atom stereocenters. The third-order valence-corrected chi connectivity index (χ3v) is 19.0. The molecule has 576 valence electrons. The van der Waals surface area contributed by atoms with Crippen LogP contribution in [0.5, 0.6) is 0 Å². The highest BCUT2D eigenvalue weighted by Gasteiger charge is 2.61. The molecule has 0 aromatic heterocycles. The van der Waals surface area contributed by atoms with Crippen molar-refractivity contribution in [2.75, 3.05) is 59.5 Å². The molecule has 99 heavy (non-hydrogen) atoms. The third-order valence-electron chi connectivity index (χ3n) is 19.0. The van der Waals surface area contributed by atoms with Gasteiger partial charge in [-0.3, -0.25) is 0 Å². The second-order valence-electron chi connectivity index (χ2n) is 25.3. The van der Waals surface area contributed by atoms with Crippen LogP contribution in [-0.2, 0) is 85.3 Å². The monoisotopic (exact) mass is 1460 g/mol. The van der Waals surface area contributed by atoms with Crippen LogP contribution in [0.25, 0.3) is 0 Å². The average Bonchev–Trinajstić information content (AvgIpc) is 0.777. The second-order valence-corrected chi connectivity index (χ2v) is 25.3. The molecule has 0 saturated carbocycles. The van der Waals surface area contributed by atoms with Crippen molar-refractivity contribution in [3.05, 3.63) is 0 Å². The van der Waals surface area contributed by atoms with Crippen LogP contribution in [0.1, 0.15) is 0 Å². The van der Waals surface area contributed by atoms with Gasteiger partial charge in [-0.2, -0.15) is 0 Å². The van der Waals surface area contributed by atoms with Crippen molar-refractivity contribution in [1.29, 1.82) is 0 Å². The van der Waals surface area contributed by atoms with E-state index in [1.54, 1.807) is 0 Å². The average molecular weight is 1460 g/mol. The summed E-state index contributed by atoms with van der Waals surface area (Å²) in [6, 6.07) is 0. The number of hydrogen-bond acceptors (Lipinski definition) is 45. The first-order valence-electron chi connectivity index (χ1n) is 31.6. The highest BCUT2D eigenvalue weighted by Crippen LogP contribution is 2.40. The molecule has 27 N–H and O–H groups in total. The fraction of sp³-hybridized carbons (Fsp3) is 1.00. The molecule has 45 nitrogen and oxygen atoms in total. The van der Waals surface area contributed by atoms with Gasteiger partial charge in [-0.15, -0.1) is 0 Å². The Kier molecular flexibility index (Phi) is 27.4. The van der Waals surface area contributed by atoms with E-state index in [4.69, 9.17) is 85.3 Å². The standard InChI is InChI=1S/C54H90O45/c55-1-10-19(63)20(64)29(73)46(83-10)82-9-18-45-28(72)37(81)54(91-18)98-44-17(8-62)89-52(35(79)26(44)70)96-42-15(6-60)87-50(33(77)24(42)68)94-40-13(4-58)85-48(31(75)22(40)66)92-38-11(2-56)84-47(30(74)21(38)65)93-39-12(3-57)86-49(32(76)23(39)67)95-41-14(5-59)88-51(34(78)25(41)69)97-43-16(7-61)90-53(99-45)36(80)27(43)71/h10-81H,1-9H2/t10-,11-,12-,13-,14-,15-,16-,17-,18-,19-,20+,21-,22-,23-,24-,25-,26-,27-,28-,29-,30-,31-,32-,33-,34-,35-,36-,37-,38-,39-,40-,41-,42-,43-,44-,45-,46-,47-,48-,49-,50-,51-,52-,53-,54-/m1/s1. The van der Waals surface area contributed by atoms with E-state index in [1.165, 1.54) is 0 Å². The van der Waals surface area contributed by atoms with Crippen LogP contribution >= 0.6 is 0 Å². The van der Waals surface area contributed by atoms with Gasteiger partial charge in [-0.25, -0.2) is 0 Å². The lowest BCUT2D eigenvalue weighted by Crippen LogP contribution is -2.69. The summed E-state index contributed by atoms with van der Waals surface area (Å²) in [4.78, 5) is 0. The number of rotatable bonds is 11. The Morgan fingerprint density at radius 1 is 0.162 bits per heavy atom. The maximum absolute atomic E-state index is 11.9. The molecule has 31 fully saturated rings. The molecule has 0 radical (unpaired) electrons. The number of aliphatic hydroxyl groups excluding tert-OH is 27. The molecule has 0 aliphatic carbocycles. The summed E-state index contributed by atoms with van der Waals surface area (Å²) in [5.41, 5.74) is 0. The summed E-state index contributed by atoms with van der Waals surface area (Å²) in [6.07, 6.45) is -94.5. The molecular formula is C54H90O45. The van der Waals surface area contributed by atoms with Crippen molar-refractivity contribution in [3.63, 3.8) is 0 Å². The van der Waals surface area contributed by atoms with Crippen LogP contribution in [-0.4, -0.2) is 474 Å². The SMILES string of the molecule is OC[C@H]1O[C@@H](OC[C@H]2O[C@@H]3O[C@H]4[C@H](O)[C@@H](O)[C@@H](O[C@H]5[C@H](O)[C@@H](O)[C@@H](O[C@H]6[C@H](O)[C@@H](O)[C@@H](O[C@H]7[C@H](O)[C@@H](O)[C@@H](O[C@H]8[C@H](O)[C@@H](O)[C@@H](O[C@H]9[C@H](O)[C@@H](O)[C@@H](O[C@H]%10[C@H](O)[C@@H](O)[C@@H](O[C@H]2[C@H](O)[C@H]3O)O[C@@H]%10CO)O[C@@H]9CO)O[C@@H]8CO)O[C@@H]7CO)O[C@@H]6CO)O[C@@H]5CO)O[C@@H]4CO)[C@H](O)[C@@H](O)[C@@H]1O. The Hall–Kier alpha value is -1.80. The zero-order valence-electron chi connectivity index (χ0n) is 51.8. The Morgan fingerprint density at radius 2 is 0.333 bits per heavy atom. The predicted octanol–water partition coefficient (Wildman–Crippen LogP) is -19.6. The largest absolute Gasteiger partial charge is 0.394 e. The van der Waals surface area contributed by atoms with Crippen molar-refractivity contribution in [2.45, 2.75) is 276 Å². The van der Waals surface area contributed by atoms with Gasteiger partial charge in [-0.1, -0.05) is 0 Å². The minimum absolute atomic E-state index is 0.941. The summed E-state index contributed by atoms with van der Waals surface area (Å²) >= 11 is 0. The van der Waals surface area contributed by atoms with Gasteiger partial charge >= 0.3 is 0 Å². The molecule has 31 saturated heterocycles.